The van der Waals surface area contributed by atoms with Crippen LogP contribution in [-0.4, -0.2) is 10.7 Å². The molecule has 17 heavy (non-hydrogen) atoms. The van der Waals surface area contributed by atoms with Crippen molar-refractivity contribution in [3.63, 3.8) is 0 Å². The predicted octanol–water partition coefficient (Wildman–Crippen LogP) is 3.26. The maximum Gasteiger partial charge on any atom is 0.0712 e. The van der Waals surface area contributed by atoms with Crippen LogP contribution in [0.15, 0.2) is 47.6 Å². The zero-order valence-electron chi connectivity index (χ0n) is 9.22. The normalized spacial score (nSPS) is 15.5. The highest BCUT2D eigenvalue weighted by atomic mass is 14.8. The average molecular weight is 218 g/mol. The fraction of sp³-hybridized carbons (Fsp3) is 0.0667. The number of pyridine rings is 1. The van der Waals surface area contributed by atoms with Crippen molar-refractivity contribution in [2.24, 2.45) is 4.99 Å². The van der Waals surface area contributed by atoms with Crippen molar-refractivity contribution < 1.29 is 0 Å². The lowest BCUT2D eigenvalue weighted by Crippen LogP contribution is -2.09. The Kier molecular flexibility index (Phi) is 1.64. The van der Waals surface area contributed by atoms with Crippen LogP contribution in [-0.2, 0) is 6.42 Å². The molecule has 0 bridgehead atoms. The molecule has 4 rings (SSSR count). The van der Waals surface area contributed by atoms with E-state index < -0.39 is 0 Å². The van der Waals surface area contributed by atoms with Gasteiger partial charge in [-0.1, -0.05) is 24.3 Å². The fourth-order valence-corrected chi connectivity index (χ4v) is 2.50. The van der Waals surface area contributed by atoms with E-state index in [4.69, 9.17) is 4.99 Å². The number of hydrogen-bond acceptors (Lipinski definition) is 2. The molecule has 0 saturated carbocycles. The number of rotatable bonds is 0. The molecule has 2 aliphatic rings. The molecule has 1 aliphatic heterocycles. The first-order chi connectivity index (χ1) is 8.42. The molecule has 0 radical (unpaired) electrons. The minimum Gasteiger partial charge on any atom is -0.257 e. The number of allylic oxidation sites excluding steroid dienone is 1. The Labute approximate surface area is 99.4 Å². The fourth-order valence-electron chi connectivity index (χ4n) is 2.50. The van der Waals surface area contributed by atoms with Crippen LogP contribution >= 0.6 is 0 Å². The number of nitrogens with zero attached hydrogens (tertiary/aromatic N) is 2. The van der Waals surface area contributed by atoms with E-state index in [-0.39, 0.29) is 0 Å². The van der Waals surface area contributed by atoms with Gasteiger partial charge in [0, 0.05) is 23.8 Å². The number of para-hydroxylation sites is 1. The molecular weight excluding hydrogens is 208 g/mol. The van der Waals surface area contributed by atoms with Crippen molar-refractivity contribution in [2.75, 3.05) is 0 Å². The summed E-state index contributed by atoms with van der Waals surface area (Å²) in [6, 6.07) is 12.4. The third-order valence-electron chi connectivity index (χ3n) is 3.33. The summed E-state index contributed by atoms with van der Waals surface area (Å²) in [5.41, 5.74) is 7.08. The number of benzene rings is 1. The van der Waals surface area contributed by atoms with Gasteiger partial charge in [0.2, 0.25) is 0 Å². The van der Waals surface area contributed by atoms with E-state index in [9.17, 15) is 0 Å². The van der Waals surface area contributed by atoms with Gasteiger partial charge in [-0.25, -0.2) is 0 Å². The molecular formula is C15H10N2. The molecule has 2 aromatic rings. The van der Waals surface area contributed by atoms with E-state index in [0.29, 0.717) is 0 Å². The highest BCUT2D eigenvalue weighted by Crippen LogP contribution is 2.39. The van der Waals surface area contributed by atoms with Gasteiger partial charge in [-0.15, -0.1) is 0 Å². The van der Waals surface area contributed by atoms with Gasteiger partial charge >= 0.3 is 0 Å². The summed E-state index contributed by atoms with van der Waals surface area (Å²) in [6.07, 6.45) is 4.89. The van der Waals surface area contributed by atoms with Gasteiger partial charge < -0.3 is 0 Å². The second kappa shape index (κ2) is 3.14. The van der Waals surface area contributed by atoms with E-state index in [1.165, 1.54) is 22.4 Å². The molecule has 0 spiro atoms. The molecule has 2 heterocycles. The van der Waals surface area contributed by atoms with Gasteiger partial charge in [0.25, 0.3) is 0 Å². The first-order valence-electron chi connectivity index (χ1n) is 5.75. The van der Waals surface area contributed by atoms with Crippen LogP contribution < -0.4 is 0 Å². The predicted molar refractivity (Wildman–Crippen MR) is 69.3 cm³/mol. The van der Waals surface area contributed by atoms with Crippen LogP contribution in [0.5, 0.6) is 0 Å². The molecule has 0 atom stereocenters. The summed E-state index contributed by atoms with van der Waals surface area (Å²) in [6.45, 7) is 0. The van der Waals surface area contributed by atoms with E-state index in [1.54, 1.807) is 0 Å². The van der Waals surface area contributed by atoms with E-state index in [2.05, 4.69) is 35.3 Å². The zero-order chi connectivity index (χ0) is 11.2. The molecule has 1 aliphatic carbocycles. The summed E-state index contributed by atoms with van der Waals surface area (Å²) >= 11 is 0. The van der Waals surface area contributed by atoms with Gasteiger partial charge in [0.05, 0.1) is 17.1 Å². The van der Waals surface area contributed by atoms with Crippen LogP contribution in [0.2, 0.25) is 0 Å². The number of aliphatic imine (C=N–C) groups is 1. The smallest absolute Gasteiger partial charge is 0.0712 e. The highest BCUT2D eigenvalue weighted by molar-refractivity contribution is 6.34. The number of hydrogen-bond donors (Lipinski definition) is 0. The number of aromatic nitrogens is 1. The molecule has 1 aromatic heterocycles. The van der Waals surface area contributed by atoms with Crippen molar-refractivity contribution in [1.29, 1.82) is 0 Å². The molecule has 0 saturated heterocycles. The summed E-state index contributed by atoms with van der Waals surface area (Å²) in [7, 11) is 0. The van der Waals surface area contributed by atoms with Crippen molar-refractivity contribution in [1.82, 2.24) is 4.98 Å². The first kappa shape index (κ1) is 8.88. The lowest BCUT2D eigenvalue weighted by atomic mass is 9.91. The van der Waals surface area contributed by atoms with Crippen molar-refractivity contribution in [2.45, 2.75) is 6.42 Å². The minimum absolute atomic E-state index is 0.893. The zero-order valence-corrected chi connectivity index (χ0v) is 9.22. The Bertz CT molecular complexity index is 681. The largest absolute Gasteiger partial charge is 0.257 e. The summed E-state index contributed by atoms with van der Waals surface area (Å²) in [4.78, 5) is 9.11. The second-order valence-electron chi connectivity index (χ2n) is 4.36. The van der Waals surface area contributed by atoms with Crippen LogP contribution in [0.3, 0.4) is 0 Å². The molecule has 0 fully saturated rings. The minimum atomic E-state index is 0.893. The molecule has 0 amide bonds. The van der Waals surface area contributed by atoms with E-state index in [0.717, 1.165) is 17.8 Å². The maximum absolute atomic E-state index is 4.69. The molecule has 2 heteroatoms. The van der Waals surface area contributed by atoms with Gasteiger partial charge in [-0.05, 0) is 23.8 Å². The van der Waals surface area contributed by atoms with Crippen LogP contribution in [0.25, 0.3) is 11.6 Å². The standard InChI is InChI=1S/C15H10N2/c1-2-6-13-11(5-1)12-9-14-10(4-3-7-16-14)8-15(12)17-13/h1-7,9H,8H2. The third-order valence-corrected chi connectivity index (χ3v) is 3.33. The first-order valence-corrected chi connectivity index (χ1v) is 5.75. The third kappa shape index (κ3) is 1.21. The van der Waals surface area contributed by atoms with Gasteiger partial charge in [-0.2, -0.15) is 0 Å². The monoisotopic (exact) mass is 218 g/mol. The van der Waals surface area contributed by atoms with Crippen molar-refractivity contribution in [3.05, 3.63) is 59.4 Å². The van der Waals surface area contributed by atoms with Crippen molar-refractivity contribution in [3.8, 4) is 0 Å². The summed E-state index contributed by atoms with van der Waals surface area (Å²) in [5.74, 6) is 0. The second-order valence-corrected chi connectivity index (χ2v) is 4.36. The summed E-state index contributed by atoms with van der Waals surface area (Å²) in [5, 5.41) is 0. The van der Waals surface area contributed by atoms with Gasteiger partial charge in [0.1, 0.15) is 0 Å². The Morgan fingerprint density at radius 2 is 1.94 bits per heavy atom. The Balaban J connectivity index is 1.97. The number of fused-ring (bicyclic) bond motifs is 4. The molecule has 0 unspecified atom stereocenters. The van der Waals surface area contributed by atoms with Gasteiger partial charge in [-0.3, -0.25) is 9.98 Å². The molecule has 0 N–H and O–H groups in total. The SMILES string of the molecule is C1=C2C(=Nc3ccccc32)Cc2cccnc21. The topological polar surface area (TPSA) is 25.2 Å². The average Bonchev–Trinajstić information content (AvgIpc) is 2.73. The van der Waals surface area contributed by atoms with Crippen LogP contribution in [0.1, 0.15) is 16.8 Å². The quantitative estimate of drug-likeness (QED) is 0.666. The van der Waals surface area contributed by atoms with Crippen molar-refractivity contribution >= 4 is 23.0 Å². The lowest BCUT2D eigenvalue weighted by molar-refractivity contribution is 1.19. The highest BCUT2D eigenvalue weighted by Gasteiger charge is 2.24. The maximum atomic E-state index is 4.69. The summed E-state index contributed by atoms with van der Waals surface area (Å²) < 4.78 is 0. The molecule has 1 aromatic carbocycles. The lowest BCUT2D eigenvalue weighted by Gasteiger charge is -2.13. The van der Waals surface area contributed by atoms with E-state index in [1.807, 2.05) is 18.3 Å². The molecule has 2 nitrogen and oxygen atoms in total. The van der Waals surface area contributed by atoms with E-state index >= 15 is 0 Å². The Morgan fingerprint density at radius 3 is 2.94 bits per heavy atom. The van der Waals surface area contributed by atoms with Gasteiger partial charge in [0.15, 0.2) is 0 Å². The Hall–Kier alpha value is -2.22. The molecule has 80 valence electrons. The van der Waals surface area contributed by atoms with Crippen LogP contribution in [0, 0.1) is 0 Å². The Morgan fingerprint density at radius 1 is 1.00 bits per heavy atom. The van der Waals surface area contributed by atoms with Crippen LogP contribution in [0.4, 0.5) is 5.69 Å².